The van der Waals surface area contributed by atoms with E-state index in [0.717, 1.165) is 22.6 Å². The molecule has 0 amide bonds. The van der Waals surface area contributed by atoms with Crippen LogP contribution in [0.5, 0.6) is 0 Å². The lowest BCUT2D eigenvalue weighted by molar-refractivity contribution is 0.0467. The molecule has 0 fully saturated rings. The van der Waals surface area contributed by atoms with Crippen LogP contribution >= 0.6 is 11.8 Å². The summed E-state index contributed by atoms with van der Waals surface area (Å²) in [5, 5.41) is 5.13. The summed E-state index contributed by atoms with van der Waals surface area (Å²) in [6.07, 6.45) is 3.77. The number of aryl methyl sites for hydroxylation is 2. The molecule has 5 aromatic rings. The summed E-state index contributed by atoms with van der Waals surface area (Å²) in [4.78, 5) is 26.2. The third kappa shape index (κ3) is 4.06. The lowest BCUT2D eigenvalue weighted by atomic mass is 10.1. The van der Waals surface area contributed by atoms with E-state index in [-0.39, 0.29) is 12.6 Å². The van der Waals surface area contributed by atoms with Crippen molar-refractivity contribution in [2.24, 2.45) is 0 Å². The summed E-state index contributed by atoms with van der Waals surface area (Å²) < 4.78 is 9.17. The number of carbonyl (C=O) groups is 1. The van der Waals surface area contributed by atoms with Gasteiger partial charge in [-0.05, 0) is 43.7 Å². The van der Waals surface area contributed by atoms with Crippen LogP contribution in [0, 0.1) is 13.8 Å². The van der Waals surface area contributed by atoms with E-state index in [1.54, 1.807) is 10.6 Å². The number of thioether (sulfide) groups is 1. The van der Waals surface area contributed by atoms with Crippen LogP contribution in [0.1, 0.15) is 33.0 Å². The maximum Gasteiger partial charge on any atom is 0.338 e. The van der Waals surface area contributed by atoms with Crippen molar-refractivity contribution in [1.82, 2.24) is 29.0 Å². The van der Waals surface area contributed by atoms with Crippen molar-refractivity contribution in [2.45, 2.75) is 31.4 Å². The number of pyridine rings is 1. The number of imidazole rings is 1. The van der Waals surface area contributed by atoms with Crippen LogP contribution in [-0.2, 0) is 17.1 Å². The highest BCUT2D eigenvalue weighted by molar-refractivity contribution is 7.98. The van der Waals surface area contributed by atoms with Gasteiger partial charge in [-0.3, -0.25) is 0 Å². The second kappa shape index (κ2) is 8.43. The van der Waals surface area contributed by atoms with Gasteiger partial charge in [-0.15, -0.1) is 5.10 Å². The molecule has 8 nitrogen and oxygen atoms in total. The fraction of sp³-hybridized carbons (Fsp3) is 0.174. The van der Waals surface area contributed by atoms with E-state index >= 15 is 0 Å². The Kier molecular flexibility index (Phi) is 5.32. The molecule has 0 atom stereocenters. The van der Waals surface area contributed by atoms with Gasteiger partial charge >= 0.3 is 5.97 Å². The Morgan fingerprint density at radius 2 is 1.91 bits per heavy atom. The predicted molar refractivity (Wildman–Crippen MR) is 121 cm³/mol. The van der Waals surface area contributed by atoms with Crippen molar-refractivity contribution in [3.05, 3.63) is 89.1 Å². The molecule has 0 aliphatic carbocycles. The average Bonchev–Trinajstić information content (AvgIpc) is 3.40. The molecular weight excluding hydrogens is 424 g/mol. The first-order valence-electron chi connectivity index (χ1n) is 10.1. The minimum absolute atomic E-state index is 0.111. The van der Waals surface area contributed by atoms with Gasteiger partial charge in [0.1, 0.15) is 12.3 Å². The largest absolute Gasteiger partial charge is 0.456 e. The quantitative estimate of drug-likeness (QED) is 0.289. The number of carbonyl (C=O) groups excluding carboxylic acids is 1. The van der Waals surface area contributed by atoms with Gasteiger partial charge in [0.2, 0.25) is 5.16 Å². The minimum Gasteiger partial charge on any atom is -0.456 e. The van der Waals surface area contributed by atoms with Crippen molar-refractivity contribution in [2.75, 3.05) is 0 Å². The second-order valence-corrected chi connectivity index (χ2v) is 8.31. The molecule has 0 aliphatic rings. The summed E-state index contributed by atoms with van der Waals surface area (Å²) in [7, 11) is 0. The van der Waals surface area contributed by atoms with Crippen molar-refractivity contribution >= 4 is 29.2 Å². The number of aromatic nitrogens is 6. The first kappa shape index (κ1) is 20.2. The topological polar surface area (TPSA) is 86.7 Å². The highest BCUT2D eigenvalue weighted by atomic mass is 32.2. The van der Waals surface area contributed by atoms with E-state index in [1.165, 1.54) is 11.8 Å². The van der Waals surface area contributed by atoms with Crippen LogP contribution in [0.3, 0.4) is 0 Å². The summed E-state index contributed by atoms with van der Waals surface area (Å²) in [6.45, 7) is 4.02. The summed E-state index contributed by atoms with van der Waals surface area (Å²) in [6, 6.07) is 15.1. The van der Waals surface area contributed by atoms with Gasteiger partial charge in [-0.2, -0.15) is 4.98 Å². The van der Waals surface area contributed by atoms with Crippen LogP contribution < -0.4 is 0 Å². The van der Waals surface area contributed by atoms with Crippen LogP contribution in [0.4, 0.5) is 0 Å². The van der Waals surface area contributed by atoms with Gasteiger partial charge in [0, 0.05) is 29.5 Å². The molecular formula is C23H20N6O2S. The van der Waals surface area contributed by atoms with Crippen molar-refractivity contribution in [3.8, 4) is 0 Å². The Labute approximate surface area is 188 Å². The van der Waals surface area contributed by atoms with E-state index < -0.39 is 0 Å². The molecule has 0 unspecified atom stereocenters. The lowest BCUT2D eigenvalue weighted by Crippen LogP contribution is -2.08. The zero-order chi connectivity index (χ0) is 22.1. The first-order chi connectivity index (χ1) is 15.6. The number of nitrogens with zero attached hydrogens (tertiary/aromatic N) is 6. The normalized spacial score (nSPS) is 11.3. The van der Waals surface area contributed by atoms with Gasteiger partial charge < -0.3 is 9.14 Å². The molecule has 32 heavy (non-hydrogen) atoms. The Hall–Kier alpha value is -3.72. The molecule has 1 aromatic carbocycles. The number of fused-ring (bicyclic) bond motifs is 2. The average molecular weight is 445 g/mol. The standard InChI is InChI=1S/C23H20N6O2S/c1-15-11-16(2)29-22(24-15)26-23(27-29)32-14-17-7-3-4-8-19(17)21(30)31-13-18-12-28-10-6-5-9-20(28)25-18/h3-12H,13-14H2,1-2H3. The zero-order valence-corrected chi connectivity index (χ0v) is 18.4. The van der Waals surface area contributed by atoms with E-state index in [1.807, 2.05) is 73.1 Å². The van der Waals surface area contributed by atoms with Gasteiger partial charge in [-0.25, -0.2) is 19.3 Å². The summed E-state index contributed by atoms with van der Waals surface area (Å²) >= 11 is 1.46. The second-order valence-electron chi connectivity index (χ2n) is 7.37. The number of esters is 1. The maximum absolute atomic E-state index is 12.8. The molecule has 9 heteroatoms. The number of hydrogen-bond acceptors (Lipinski definition) is 7. The first-order valence-corrected chi connectivity index (χ1v) is 11.1. The third-order valence-corrected chi connectivity index (χ3v) is 5.84. The molecule has 0 radical (unpaired) electrons. The Morgan fingerprint density at radius 1 is 1.06 bits per heavy atom. The maximum atomic E-state index is 12.8. The van der Waals surface area contributed by atoms with Crippen LogP contribution in [0.25, 0.3) is 11.4 Å². The third-order valence-electron chi connectivity index (χ3n) is 4.96. The number of hydrogen-bond donors (Lipinski definition) is 0. The van der Waals surface area contributed by atoms with E-state index in [4.69, 9.17) is 4.74 Å². The lowest BCUT2D eigenvalue weighted by Gasteiger charge is -2.08. The van der Waals surface area contributed by atoms with Crippen LogP contribution in [0.2, 0.25) is 0 Å². The molecule has 0 spiro atoms. The number of benzene rings is 1. The fourth-order valence-corrected chi connectivity index (χ4v) is 4.29. The van der Waals surface area contributed by atoms with Gasteiger partial charge in [-0.1, -0.05) is 36.0 Å². The smallest absolute Gasteiger partial charge is 0.338 e. The van der Waals surface area contributed by atoms with Crippen molar-refractivity contribution in [1.29, 1.82) is 0 Å². The fourth-order valence-electron chi connectivity index (χ4n) is 3.47. The Balaban J connectivity index is 1.29. The summed E-state index contributed by atoms with van der Waals surface area (Å²) in [5.74, 6) is 0.730. The van der Waals surface area contributed by atoms with Crippen LogP contribution in [0.15, 0.2) is 66.1 Å². The zero-order valence-electron chi connectivity index (χ0n) is 17.6. The molecule has 0 saturated carbocycles. The SMILES string of the molecule is Cc1cc(C)n2nc(SCc3ccccc3C(=O)OCc3cn4ccccc4n3)nc2n1. The predicted octanol–water partition coefficient (Wildman–Crippen LogP) is 4.04. The van der Waals surface area contributed by atoms with Gasteiger partial charge in [0.15, 0.2) is 0 Å². The van der Waals surface area contributed by atoms with E-state index in [0.29, 0.717) is 27.9 Å². The Bertz CT molecular complexity index is 1410. The molecule has 4 heterocycles. The van der Waals surface area contributed by atoms with Gasteiger partial charge in [0.25, 0.3) is 5.78 Å². The highest BCUT2D eigenvalue weighted by Crippen LogP contribution is 2.23. The molecule has 0 aliphatic heterocycles. The minimum atomic E-state index is -0.380. The van der Waals surface area contributed by atoms with E-state index in [2.05, 4.69) is 20.1 Å². The molecule has 0 saturated heterocycles. The van der Waals surface area contributed by atoms with Crippen molar-refractivity contribution < 1.29 is 9.53 Å². The molecule has 0 bridgehead atoms. The molecule has 0 N–H and O–H groups in total. The summed E-state index contributed by atoms with van der Waals surface area (Å²) in [5.41, 5.74) is 4.77. The number of rotatable bonds is 6. The van der Waals surface area contributed by atoms with Gasteiger partial charge in [0.05, 0.1) is 11.3 Å². The van der Waals surface area contributed by atoms with E-state index in [9.17, 15) is 4.79 Å². The monoisotopic (exact) mass is 444 g/mol. The number of ether oxygens (including phenoxy) is 1. The molecule has 4 aromatic heterocycles. The molecule has 160 valence electrons. The Morgan fingerprint density at radius 3 is 2.78 bits per heavy atom. The molecule has 5 rings (SSSR count). The van der Waals surface area contributed by atoms with Crippen LogP contribution in [-0.4, -0.2) is 34.9 Å². The van der Waals surface area contributed by atoms with Crippen molar-refractivity contribution in [3.63, 3.8) is 0 Å². The highest BCUT2D eigenvalue weighted by Gasteiger charge is 2.15.